The predicted octanol–water partition coefficient (Wildman–Crippen LogP) is 6.88. The number of benzene rings is 1. The zero-order valence-corrected chi connectivity index (χ0v) is 30.6. The summed E-state index contributed by atoms with van der Waals surface area (Å²) in [5.41, 5.74) is -0.437. The third-order valence-corrected chi connectivity index (χ3v) is 9.46. The van der Waals surface area contributed by atoms with Crippen molar-refractivity contribution in [3.63, 3.8) is 0 Å². The number of alkyl carbamates (subject to hydrolysis) is 1. The number of hydrogen-bond donors (Lipinski definition) is 1. The first kappa shape index (κ1) is 37.7. The minimum absolute atomic E-state index is 0.0475. The topological polar surface area (TPSA) is 129 Å². The van der Waals surface area contributed by atoms with Crippen LogP contribution in [0.25, 0.3) is 17.1 Å². The molecule has 2 aliphatic rings. The second kappa shape index (κ2) is 14.8. The van der Waals surface area contributed by atoms with Crippen LogP contribution in [0.15, 0.2) is 37.4 Å². The van der Waals surface area contributed by atoms with Crippen molar-refractivity contribution in [3.8, 4) is 11.6 Å². The van der Waals surface area contributed by atoms with Gasteiger partial charge in [0.25, 0.3) is 0 Å². The highest BCUT2D eigenvalue weighted by Gasteiger charge is 2.56. The van der Waals surface area contributed by atoms with E-state index in [-0.39, 0.29) is 18.3 Å². The summed E-state index contributed by atoms with van der Waals surface area (Å²) < 4.78 is 23.7. The van der Waals surface area contributed by atoms with E-state index in [9.17, 15) is 14.4 Å². The molecule has 1 aromatic heterocycles. The van der Waals surface area contributed by atoms with Gasteiger partial charge in [-0.1, -0.05) is 47.3 Å². The second-order valence-electron chi connectivity index (χ2n) is 15.3. The summed E-state index contributed by atoms with van der Waals surface area (Å²) in [4.78, 5) is 52.6. The van der Waals surface area contributed by atoms with Crippen molar-refractivity contribution in [1.29, 1.82) is 0 Å². The number of rotatable bonds is 13. The number of unbranched alkanes of at least 4 members (excludes halogenated alkanes) is 1. The highest BCUT2D eigenvalue weighted by molar-refractivity contribution is 5.91. The lowest BCUT2D eigenvalue weighted by molar-refractivity contribution is -0.165. The van der Waals surface area contributed by atoms with Gasteiger partial charge in [-0.05, 0) is 76.5 Å². The van der Waals surface area contributed by atoms with E-state index in [0.29, 0.717) is 28.9 Å². The Labute approximate surface area is 290 Å². The van der Waals surface area contributed by atoms with Crippen LogP contribution < -0.4 is 14.8 Å². The van der Waals surface area contributed by atoms with Gasteiger partial charge in [-0.25, -0.2) is 19.6 Å². The quantitative estimate of drug-likeness (QED) is 0.137. The fourth-order valence-corrected chi connectivity index (χ4v) is 6.57. The van der Waals surface area contributed by atoms with Crippen LogP contribution in [0.5, 0.6) is 11.6 Å². The Kier molecular flexibility index (Phi) is 11.3. The van der Waals surface area contributed by atoms with Gasteiger partial charge in [0.15, 0.2) is 0 Å². The molecule has 2 amide bonds. The van der Waals surface area contributed by atoms with Gasteiger partial charge in [0.05, 0.1) is 24.7 Å². The number of ether oxygens (including phenoxy) is 4. The van der Waals surface area contributed by atoms with Crippen molar-refractivity contribution in [1.82, 2.24) is 20.2 Å². The number of esters is 1. The molecular weight excluding hydrogens is 624 g/mol. The number of likely N-dealkylation sites (tertiary alicyclic amines) is 1. The molecule has 1 aliphatic heterocycles. The molecule has 0 spiro atoms. The Morgan fingerprint density at radius 3 is 2.43 bits per heavy atom. The Balaban J connectivity index is 1.61. The molecule has 2 aromatic rings. The van der Waals surface area contributed by atoms with Crippen LogP contribution in [0, 0.1) is 17.3 Å². The van der Waals surface area contributed by atoms with Crippen LogP contribution >= 0.6 is 0 Å². The standard InChI is InChI=1S/C38H54N4O7/c1-12-15-16-17-24-21-38(24,14-3)49-35(45)41-31(36(5,6)7)33(43)42-22-29(23(4)30(42)34(44)48-37(8,9)10)47-32-26(13-2)39-27-19-18-25(46-11)20-28(27)40-32/h12-13,18-20,23-24,29-31H,1-2,14-17,21-22H2,3-11H3,(H,41,45). The third kappa shape index (κ3) is 8.72. The van der Waals surface area contributed by atoms with Crippen LogP contribution in [0.1, 0.15) is 93.2 Å². The zero-order valence-electron chi connectivity index (χ0n) is 30.6. The summed E-state index contributed by atoms with van der Waals surface area (Å²) in [5.74, 6) is -0.378. The first-order valence-corrected chi connectivity index (χ1v) is 17.3. The number of nitrogens with zero attached hydrogens (tertiary/aromatic N) is 3. The van der Waals surface area contributed by atoms with Gasteiger partial charge in [0.2, 0.25) is 11.8 Å². The molecule has 0 radical (unpaired) electrons. The maximum absolute atomic E-state index is 14.5. The molecule has 6 unspecified atom stereocenters. The van der Waals surface area contributed by atoms with E-state index in [1.54, 1.807) is 52.2 Å². The van der Waals surface area contributed by atoms with Crippen molar-refractivity contribution in [3.05, 3.63) is 43.1 Å². The van der Waals surface area contributed by atoms with E-state index < -0.39 is 58.7 Å². The molecule has 1 aromatic carbocycles. The number of aromatic nitrogens is 2. The maximum atomic E-state index is 14.5. The summed E-state index contributed by atoms with van der Waals surface area (Å²) in [6.45, 7) is 22.5. The molecule has 1 saturated heterocycles. The van der Waals surface area contributed by atoms with Gasteiger partial charge in [0, 0.05) is 17.9 Å². The van der Waals surface area contributed by atoms with Crippen molar-refractivity contribution >= 4 is 35.1 Å². The number of allylic oxidation sites excluding steroid dienone is 1. The zero-order chi connectivity index (χ0) is 36.3. The monoisotopic (exact) mass is 678 g/mol. The summed E-state index contributed by atoms with van der Waals surface area (Å²) in [5, 5.41) is 2.88. The Morgan fingerprint density at radius 2 is 1.84 bits per heavy atom. The largest absolute Gasteiger partial charge is 0.497 e. The first-order valence-electron chi connectivity index (χ1n) is 17.3. The Hall–Kier alpha value is -4.15. The van der Waals surface area contributed by atoms with Crippen LogP contribution in [0.2, 0.25) is 0 Å². The smallest absolute Gasteiger partial charge is 0.408 e. The minimum atomic E-state index is -1.00. The SMILES string of the molecule is C=CCCCC1CC1(CC)OC(=O)NC(C(=O)N1CC(Oc2nc3cc(OC)ccc3nc2C=C)C(C)C1C(=O)OC(C)(C)C)C(C)(C)C. The Morgan fingerprint density at radius 1 is 1.12 bits per heavy atom. The van der Waals surface area contributed by atoms with E-state index in [1.165, 1.54) is 4.90 Å². The number of carbonyl (C=O) groups is 3. The molecule has 268 valence electrons. The number of nitrogens with one attached hydrogen (secondary N) is 1. The van der Waals surface area contributed by atoms with Crippen molar-refractivity contribution in [2.75, 3.05) is 13.7 Å². The van der Waals surface area contributed by atoms with Gasteiger partial charge in [-0.3, -0.25) is 4.79 Å². The fourth-order valence-electron chi connectivity index (χ4n) is 6.57. The van der Waals surface area contributed by atoms with Gasteiger partial charge in [0.1, 0.15) is 40.8 Å². The number of methoxy groups -OCH3 is 1. The molecule has 2 fully saturated rings. The number of carbonyl (C=O) groups excluding carboxylic acids is 3. The molecule has 11 nitrogen and oxygen atoms in total. The number of fused-ring (bicyclic) bond motifs is 1. The number of amides is 2. The molecule has 1 aliphatic carbocycles. The second-order valence-corrected chi connectivity index (χ2v) is 15.3. The van der Waals surface area contributed by atoms with Crippen LogP contribution in [-0.4, -0.2) is 75.9 Å². The lowest BCUT2D eigenvalue weighted by atomic mass is 9.85. The molecule has 1 saturated carbocycles. The molecule has 6 atom stereocenters. The maximum Gasteiger partial charge on any atom is 0.408 e. The predicted molar refractivity (Wildman–Crippen MR) is 189 cm³/mol. The number of hydrogen-bond acceptors (Lipinski definition) is 9. The molecule has 49 heavy (non-hydrogen) atoms. The van der Waals surface area contributed by atoms with Crippen molar-refractivity contribution in [2.45, 2.75) is 117 Å². The van der Waals surface area contributed by atoms with E-state index in [1.807, 2.05) is 40.7 Å². The molecule has 2 heterocycles. The van der Waals surface area contributed by atoms with Crippen molar-refractivity contribution in [2.24, 2.45) is 17.3 Å². The molecule has 4 rings (SSSR count). The normalized spacial score (nSPS) is 24.1. The van der Waals surface area contributed by atoms with Crippen LogP contribution in [0.4, 0.5) is 4.79 Å². The van der Waals surface area contributed by atoms with Gasteiger partial charge < -0.3 is 29.2 Å². The highest BCUT2D eigenvalue weighted by atomic mass is 16.6. The summed E-state index contributed by atoms with van der Waals surface area (Å²) in [6, 6.07) is 3.36. The highest BCUT2D eigenvalue weighted by Crippen LogP contribution is 2.52. The van der Waals surface area contributed by atoms with E-state index >= 15 is 0 Å². The van der Waals surface area contributed by atoms with E-state index in [2.05, 4.69) is 23.5 Å². The van der Waals surface area contributed by atoms with Crippen molar-refractivity contribution < 1.29 is 33.3 Å². The molecular formula is C38H54N4O7. The van der Waals surface area contributed by atoms with E-state index in [0.717, 1.165) is 25.7 Å². The minimum Gasteiger partial charge on any atom is -0.497 e. The van der Waals surface area contributed by atoms with E-state index in [4.69, 9.17) is 23.9 Å². The lowest BCUT2D eigenvalue weighted by Crippen LogP contribution is -2.58. The van der Waals surface area contributed by atoms with Crippen LogP contribution in [0.3, 0.4) is 0 Å². The summed E-state index contributed by atoms with van der Waals surface area (Å²) in [6.07, 6.45) is 6.48. The molecule has 1 N–H and O–H groups in total. The van der Waals surface area contributed by atoms with Gasteiger partial charge >= 0.3 is 12.1 Å². The molecule has 0 bridgehead atoms. The Bertz CT molecular complexity index is 1560. The van der Waals surface area contributed by atoms with Gasteiger partial charge in [-0.2, -0.15) is 0 Å². The van der Waals surface area contributed by atoms with Gasteiger partial charge in [-0.15, -0.1) is 6.58 Å². The third-order valence-electron chi connectivity index (χ3n) is 9.46. The lowest BCUT2D eigenvalue weighted by Gasteiger charge is -2.36. The molecule has 11 heteroatoms. The fraction of sp³-hybridized carbons (Fsp3) is 0.605. The summed E-state index contributed by atoms with van der Waals surface area (Å²) in [7, 11) is 1.57. The average molecular weight is 679 g/mol. The first-order chi connectivity index (χ1) is 23.0. The average Bonchev–Trinajstić information content (AvgIpc) is 3.61. The van der Waals surface area contributed by atoms with Crippen LogP contribution in [-0.2, 0) is 19.1 Å². The summed E-state index contributed by atoms with van der Waals surface area (Å²) >= 11 is 0.